The summed E-state index contributed by atoms with van der Waals surface area (Å²) >= 11 is 0. The molecule has 1 aromatic carbocycles. The third-order valence-corrected chi connectivity index (χ3v) is 3.95. The van der Waals surface area contributed by atoms with Crippen molar-refractivity contribution in [3.63, 3.8) is 0 Å². The average molecular weight is 312 g/mol. The van der Waals surface area contributed by atoms with E-state index in [9.17, 15) is 25.2 Å². The van der Waals surface area contributed by atoms with Crippen molar-refractivity contribution in [1.82, 2.24) is 0 Å². The summed E-state index contributed by atoms with van der Waals surface area (Å²) in [6.45, 7) is -0.320. The van der Waals surface area contributed by atoms with Crippen LogP contribution in [0, 0.1) is 0 Å². The Morgan fingerprint density at radius 1 is 1.41 bits per heavy atom. The van der Waals surface area contributed by atoms with Gasteiger partial charge in [-0.2, -0.15) is 0 Å². The van der Waals surface area contributed by atoms with Crippen molar-refractivity contribution < 1.29 is 39.4 Å². The maximum Gasteiger partial charge on any atom is 0.339 e. The standard InChI is InChI=1S/C14H16O8/c1-20-11-8(17)3-6-9(10(11)18)13-12(22-14(6)19)7(16)2-5(4-15)21-13/h3,5,7,12-13,15-18H,2,4H2,1H3/t5-,7-,12+,13-/m0/s1. The number of hydrogen-bond acceptors (Lipinski definition) is 8. The normalized spacial score (nSPS) is 30.2. The molecule has 120 valence electrons. The van der Waals surface area contributed by atoms with Crippen LogP contribution in [-0.4, -0.2) is 58.4 Å². The lowest BCUT2D eigenvalue weighted by Gasteiger charge is -2.42. The number of methoxy groups -OCH3 is 1. The molecule has 0 amide bonds. The Labute approximate surface area is 125 Å². The lowest BCUT2D eigenvalue weighted by Crippen LogP contribution is -2.49. The highest BCUT2D eigenvalue weighted by Crippen LogP contribution is 2.49. The van der Waals surface area contributed by atoms with Crippen LogP contribution in [-0.2, 0) is 9.47 Å². The van der Waals surface area contributed by atoms with Gasteiger partial charge in [0.2, 0.25) is 5.75 Å². The summed E-state index contributed by atoms with van der Waals surface area (Å²) in [5.41, 5.74) is 0.0101. The van der Waals surface area contributed by atoms with E-state index in [0.717, 1.165) is 6.07 Å². The number of carbonyl (C=O) groups excluding carboxylic acids is 1. The molecular weight excluding hydrogens is 296 g/mol. The Morgan fingerprint density at radius 3 is 2.77 bits per heavy atom. The van der Waals surface area contributed by atoms with E-state index in [4.69, 9.17) is 14.2 Å². The molecule has 22 heavy (non-hydrogen) atoms. The van der Waals surface area contributed by atoms with Crippen LogP contribution in [0.5, 0.6) is 17.2 Å². The molecule has 3 rings (SSSR count). The zero-order chi connectivity index (χ0) is 16.0. The van der Waals surface area contributed by atoms with Crippen molar-refractivity contribution in [3.8, 4) is 17.2 Å². The van der Waals surface area contributed by atoms with Crippen molar-refractivity contribution in [2.75, 3.05) is 13.7 Å². The predicted molar refractivity (Wildman–Crippen MR) is 70.9 cm³/mol. The van der Waals surface area contributed by atoms with Gasteiger partial charge in [0.25, 0.3) is 0 Å². The van der Waals surface area contributed by atoms with Crippen molar-refractivity contribution in [2.45, 2.75) is 30.8 Å². The van der Waals surface area contributed by atoms with E-state index in [2.05, 4.69) is 0 Å². The topological polar surface area (TPSA) is 126 Å². The van der Waals surface area contributed by atoms with Crippen LogP contribution in [0.3, 0.4) is 0 Å². The molecule has 1 saturated heterocycles. The van der Waals surface area contributed by atoms with Gasteiger partial charge in [0.1, 0.15) is 6.10 Å². The van der Waals surface area contributed by atoms with Crippen LogP contribution in [0.1, 0.15) is 28.4 Å². The zero-order valence-corrected chi connectivity index (χ0v) is 11.7. The number of aromatic hydroxyl groups is 2. The van der Waals surface area contributed by atoms with Gasteiger partial charge in [0.05, 0.1) is 31.5 Å². The van der Waals surface area contributed by atoms with E-state index >= 15 is 0 Å². The molecule has 0 aliphatic carbocycles. The Bertz CT molecular complexity index is 613. The van der Waals surface area contributed by atoms with Crippen LogP contribution < -0.4 is 4.74 Å². The minimum atomic E-state index is -1.04. The SMILES string of the molecule is COc1c(O)cc2c(c1O)[C@@H]1O[C@H](CO)C[C@H](O)[C@H]1OC2=O. The maximum atomic E-state index is 12.0. The monoisotopic (exact) mass is 312 g/mol. The molecular formula is C14H16O8. The van der Waals surface area contributed by atoms with Crippen LogP contribution in [0.2, 0.25) is 0 Å². The van der Waals surface area contributed by atoms with E-state index in [1.807, 2.05) is 0 Å². The molecule has 2 aliphatic heterocycles. The Kier molecular flexibility index (Phi) is 3.59. The second-order valence-corrected chi connectivity index (χ2v) is 5.27. The number of fused-ring (bicyclic) bond motifs is 3. The number of carbonyl (C=O) groups is 1. The van der Waals surface area contributed by atoms with Gasteiger partial charge in [0.15, 0.2) is 17.6 Å². The molecule has 2 aliphatic rings. The molecule has 8 heteroatoms. The minimum absolute atomic E-state index is 0.0668. The van der Waals surface area contributed by atoms with E-state index in [1.165, 1.54) is 7.11 Å². The Balaban J connectivity index is 2.15. The summed E-state index contributed by atoms with van der Waals surface area (Å²) in [5.74, 6) is -1.84. The lowest BCUT2D eigenvalue weighted by atomic mass is 9.87. The summed E-state index contributed by atoms with van der Waals surface area (Å²) in [5, 5.41) is 39.4. The molecule has 0 unspecified atom stereocenters. The van der Waals surface area contributed by atoms with Gasteiger partial charge in [0, 0.05) is 12.0 Å². The first-order chi connectivity index (χ1) is 10.5. The minimum Gasteiger partial charge on any atom is -0.504 e. The van der Waals surface area contributed by atoms with Crippen molar-refractivity contribution in [2.24, 2.45) is 0 Å². The average Bonchev–Trinajstić information content (AvgIpc) is 2.48. The van der Waals surface area contributed by atoms with Gasteiger partial charge in [-0.3, -0.25) is 0 Å². The lowest BCUT2D eigenvalue weighted by molar-refractivity contribution is -0.186. The van der Waals surface area contributed by atoms with Crippen LogP contribution in [0.15, 0.2) is 6.07 Å². The molecule has 0 aromatic heterocycles. The summed E-state index contributed by atoms with van der Waals surface area (Å²) in [7, 11) is 1.26. The van der Waals surface area contributed by atoms with Crippen LogP contribution in [0.25, 0.3) is 0 Å². The molecule has 1 fully saturated rings. The fourth-order valence-electron chi connectivity index (χ4n) is 2.93. The summed E-state index contributed by atoms with van der Waals surface area (Å²) < 4.78 is 15.7. The summed E-state index contributed by atoms with van der Waals surface area (Å²) in [4.78, 5) is 12.0. The fraction of sp³-hybridized carbons (Fsp3) is 0.500. The third-order valence-electron chi connectivity index (χ3n) is 3.95. The second-order valence-electron chi connectivity index (χ2n) is 5.27. The molecule has 4 N–H and O–H groups in total. The zero-order valence-electron chi connectivity index (χ0n) is 11.7. The second kappa shape index (κ2) is 5.31. The van der Waals surface area contributed by atoms with E-state index in [1.54, 1.807) is 0 Å². The molecule has 0 bridgehead atoms. The number of rotatable bonds is 2. The quantitative estimate of drug-likeness (QED) is 0.555. The molecule has 2 heterocycles. The van der Waals surface area contributed by atoms with Gasteiger partial charge >= 0.3 is 5.97 Å². The van der Waals surface area contributed by atoms with Gasteiger partial charge in [-0.25, -0.2) is 4.79 Å². The highest BCUT2D eigenvalue weighted by molar-refractivity contribution is 5.95. The van der Waals surface area contributed by atoms with Crippen LogP contribution in [0.4, 0.5) is 0 Å². The molecule has 0 saturated carbocycles. The number of hydrogen-bond donors (Lipinski definition) is 4. The van der Waals surface area contributed by atoms with Crippen LogP contribution >= 0.6 is 0 Å². The number of phenolic OH excluding ortho intramolecular Hbond substituents is 2. The maximum absolute atomic E-state index is 12.0. The Hall–Kier alpha value is -2.03. The van der Waals surface area contributed by atoms with E-state index in [-0.39, 0.29) is 29.9 Å². The van der Waals surface area contributed by atoms with Crippen molar-refractivity contribution in [3.05, 3.63) is 17.2 Å². The largest absolute Gasteiger partial charge is 0.504 e. The first-order valence-corrected chi connectivity index (χ1v) is 6.76. The fourth-order valence-corrected chi connectivity index (χ4v) is 2.93. The number of aliphatic hydroxyl groups is 2. The number of esters is 1. The van der Waals surface area contributed by atoms with E-state index in [0.29, 0.717) is 0 Å². The number of aliphatic hydroxyl groups excluding tert-OH is 2. The van der Waals surface area contributed by atoms with Gasteiger partial charge < -0.3 is 34.6 Å². The number of benzene rings is 1. The van der Waals surface area contributed by atoms with E-state index < -0.39 is 41.9 Å². The number of phenols is 2. The van der Waals surface area contributed by atoms with Gasteiger partial charge in [-0.1, -0.05) is 0 Å². The first-order valence-electron chi connectivity index (χ1n) is 6.76. The predicted octanol–water partition coefficient (Wildman–Crippen LogP) is -0.171. The molecule has 4 atom stereocenters. The molecule has 0 spiro atoms. The van der Waals surface area contributed by atoms with Crippen molar-refractivity contribution >= 4 is 5.97 Å². The molecule has 8 nitrogen and oxygen atoms in total. The number of ether oxygens (including phenoxy) is 3. The van der Waals surface area contributed by atoms with Gasteiger partial charge in [-0.05, 0) is 6.07 Å². The Morgan fingerprint density at radius 2 is 2.14 bits per heavy atom. The first kappa shape index (κ1) is 14.9. The highest BCUT2D eigenvalue weighted by Gasteiger charge is 2.48. The van der Waals surface area contributed by atoms with Crippen molar-refractivity contribution in [1.29, 1.82) is 0 Å². The third kappa shape index (κ3) is 2.07. The molecule has 1 aromatic rings. The summed E-state index contributed by atoms with van der Waals surface area (Å²) in [6, 6.07) is 1.12. The molecule has 0 radical (unpaired) electrons. The highest BCUT2D eigenvalue weighted by atomic mass is 16.6. The van der Waals surface area contributed by atoms with Gasteiger partial charge in [-0.15, -0.1) is 0 Å². The summed E-state index contributed by atoms with van der Waals surface area (Å²) in [6.07, 6.45) is -3.53. The smallest absolute Gasteiger partial charge is 0.339 e.